The van der Waals surface area contributed by atoms with Gasteiger partial charge in [-0.2, -0.15) is 0 Å². The molecule has 0 bridgehead atoms. The summed E-state index contributed by atoms with van der Waals surface area (Å²) in [6.45, 7) is 3.90. The maximum Gasteiger partial charge on any atom is 0.129 e. The Morgan fingerprint density at radius 3 is 2.72 bits per heavy atom. The van der Waals surface area contributed by atoms with Crippen LogP contribution in [0.5, 0.6) is 0 Å². The number of halogens is 2. The molecule has 0 spiro atoms. The molecule has 3 nitrogen and oxygen atoms in total. The third kappa shape index (κ3) is 6.31. The second-order valence-electron chi connectivity index (χ2n) is 4.01. The van der Waals surface area contributed by atoms with Crippen LogP contribution < -0.4 is 10.6 Å². The molecule has 0 radical (unpaired) electrons. The van der Waals surface area contributed by atoms with Crippen molar-refractivity contribution < 1.29 is 9.13 Å². The van der Waals surface area contributed by atoms with Gasteiger partial charge in [0, 0.05) is 30.8 Å². The summed E-state index contributed by atoms with van der Waals surface area (Å²) in [6, 6.07) is 4.75. The van der Waals surface area contributed by atoms with Gasteiger partial charge in [-0.1, -0.05) is 17.7 Å². The van der Waals surface area contributed by atoms with E-state index in [1.165, 1.54) is 6.07 Å². The molecule has 0 heterocycles. The van der Waals surface area contributed by atoms with Crippen molar-refractivity contribution in [2.75, 3.05) is 33.4 Å². The number of hydrogen-bond acceptors (Lipinski definition) is 3. The lowest BCUT2D eigenvalue weighted by atomic mass is 10.2. The number of nitrogens with one attached hydrogen (secondary N) is 2. The van der Waals surface area contributed by atoms with Gasteiger partial charge >= 0.3 is 0 Å². The molecule has 0 amide bonds. The second kappa shape index (κ2) is 9.28. The van der Waals surface area contributed by atoms with Crippen LogP contribution >= 0.6 is 11.6 Å². The Kier molecular flexibility index (Phi) is 7.93. The molecule has 1 rings (SSSR count). The Balaban J connectivity index is 2.07. The van der Waals surface area contributed by atoms with Crippen LogP contribution in [0.15, 0.2) is 18.2 Å². The molecule has 0 saturated carbocycles. The Morgan fingerprint density at radius 2 is 2.00 bits per heavy atom. The fourth-order valence-electron chi connectivity index (χ4n) is 1.53. The lowest BCUT2D eigenvalue weighted by molar-refractivity contribution is 0.199. The zero-order valence-electron chi connectivity index (χ0n) is 10.6. The Hall–Kier alpha value is -0.680. The molecule has 102 valence electrons. The third-order valence-corrected chi connectivity index (χ3v) is 2.76. The summed E-state index contributed by atoms with van der Waals surface area (Å²) in [5.74, 6) is -0.256. The molecular weight excluding hydrogens is 255 g/mol. The highest BCUT2D eigenvalue weighted by Gasteiger charge is 2.01. The molecular formula is C13H20ClFN2O. The SMILES string of the molecule is COCCNCCCNCc1ccc(Cl)cc1F. The minimum atomic E-state index is -0.256. The largest absolute Gasteiger partial charge is 0.383 e. The van der Waals surface area contributed by atoms with Crippen LogP contribution in [0.2, 0.25) is 5.02 Å². The van der Waals surface area contributed by atoms with Crippen LogP contribution in [0.4, 0.5) is 4.39 Å². The zero-order valence-corrected chi connectivity index (χ0v) is 11.4. The van der Waals surface area contributed by atoms with E-state index in [-0.39, 0.29) is 5.82 Å². The number of methoxy groups -OCH3 is 1. The van der Waals surface area contributed by atoms with Gasteiger partial charge in [-0.3, -0.25) is 0 Å². The lowest BCUT2D eigenvalue weighted by Gasteiger charge is -2.07. The monoisotopic (exact) mass is 274 g/mol. The van der Waals surface area contributed by atoms with Gasteiger partial charge < -0.3 is 15.4 Å². The van der Waals surface area contributed by atoms with Crippen LogP contribution in [0, 0.1) is 5.82 Å². The van der Waals surface area contributed by atoms with Crippen molar-refractivity contribution in [2.45, 2.75) is 13.0 Å². The summed E-state index contributed by atoms with van der Waals surface area (Å²) >= 11 is 5.68. The average Bonchev–Trinajstić information content (AvgIpc) is 2.35. The number of rotatable bonds is 9. The molecule has 0 aromatic heterocycles. The molecule has 0 saturated heterocycles. The number of benzene rings is 1. The molecule has 2 N–H and O–H groups in total. The van der Waals surface area contributed by atoms with Crippen molar-refractivity contribution in [1.29, 1.82) is 0 Å². The van der Waals surface area contributed by atoms with Crippen molar-refractivity contribution in [3.63, 3.8) is 0 Å². The van der Waals surface area contributed by atoms with E-state index in [2.05, 4.69) is 10.6 Å². The second-order valence-corrected chi connectivity index (χ2v) is 4.45. The van der Waals surface area contributed by atoms with Gasteiger partial charge in [0.15, 0.2) is 0 Å². The van der Waals surface area contributed by atoms with Gasteiger partial charge in [0.05, 0.1) is 6.61 Å². The van der Waals surface area contributed by atoms with E-state index in [0.717, 1.165) is 32.7 Å². The van der Waals surface area contributed by atoms with Crippen molar-refractivity contribution in [2.24, 2.45) is 0 Å². The average molecular weight is 275 g/mol. The third-order valence-electron chi connectivity index (χ3n) is 2.52. The number of ether oxygens (including phenoxy) is 1. The Bertz CT molecular complexity index is 350. The van der Waals surface area contributed by atoms with Gasteiger partial charge in [0.25, 0.3) is 0 Å². The van der Waals surface area contributed by atoms with E-state index in [4.69, 9.17) is 16.3 Å². The molecule has 1 aromatic rings. The molecule has 0 fully saturated rings. The summed E-state index contributed by atoms with van der Waals surface area (Å²) < 4.78 is 18.3. The predicted octanol–water partition coefficient (Wildman–Crippen LogP) is 2.19. The van der Waals surface area contributed by atoms with Crippen molar-refractivity contribution in [1.82, 2.24) is 10.6 Å². The Labute approximate surface area is 113 Å². The van der Waals surface area contributed by atoms with E-state index >= 15 is 0 Å². The molecule has 18 heavy (non-hydrogen) atoms. The summed E-state index contributed by atoms with van der Waals surface area (Å²) in [7, 11) is 1.68. The van der Waals surface area contributed by atoms with Gasteiger partial charge in [0.2, 0.25) is 0 Å². The van der Waals surface area contributed by atoms with Crippen LogP contribution in [-0.4, -0.2) is 33.4 Å². The molecule has 5 heteroatoms. The Morgan fingerprint density at radius 1 is 1.22 bits per heavy atom. The smallest absolute Gasteiger partial charge is 0.129 e. The predicted molar refractivity (Wildman–Crippen MR) is 72.5 cm³/mol. The topological polar surface area (TPSA) is 33.3 Å². The fourth-order valence-corrected chi connectivity index (χ4v) is 1.68. The maximum atomic E-state index is 13.4. The van der Waals surface area contributed by atoms with Crippen LogP contribution in [0.25, 0.3) is 0 Å². The van der Waals surface area contributed by atoms with E-state index < -0.39 is 0 Å². The number of hydrogen-bond donors (Lipinski definition) is 2. The molecule has 0 unspecified atom stereocenters. The highest BCUT2D eigenvalue weighted by atomic mass is 35.5. The van der Waals surface area contributed by atoms with Crippen LogP contribution in [0.1, 0.15) is 12.0 Å². The maximum absolute atomic E-state index is 13.4. The first kappa shape index (κ1) is 15.4. The first-order chi connectivity index (χ1) is 8.74. The first-order valence-electron chi connectivity index (χ1n) is 6.08. The van der Waals surface area contributed by atoms with Crippen LogP contribution in [0.3, 0.4) is 0 Å². The van der Waals surface area contributed by atoms with E-state index in [1.807, 2.05) is 0 Å². The molecule has 0 aliphatic rings. The van der Waals surface area contributed by atoms with Crippen molar-refractivity contribution in [3.05, 3.63) is 34.6 Å². The molecule has 0 aliphatic carbocycles. The molecule has 1 aromatic carbocycles. The first-order valence-corrected chi connectivity index (χ1v) is 6.46. The van der Waals surface area contributed by atoms with E-state index in [1.54, 1.807) is 19.2 Å². The van der Waals surface area contributed by atoms with Crippen LogP contribution in [-0.2, 0) is 11.3 Å². The molecule has 0 aliphatic heterocycles. The minimum absolute atomic E-state index is 0.256. The van der Waals surface area contributed by atoms with Crippen molar-refractivity contribution in [3.8, 4) is 0 Å². The summed E-state index contributed by atoms with van der Waals surface area (Å²) in [6.07, 6.45) is 0.999. The van der Waals surface area contributed by atoms with Crippen molar-refractivity contribution >= 4 is 11.6 Å². The summed E-state index contributed by atoms with van der Waals surface area (Å²) in [5, 5.41) is 6.88. The van der Waals surface area contributed by atoms with Gasteiger partial charge in [-0.15, -0.1) is 0 Å². The van der Waals surface area contributed by atoms with Gasteiger partial charge in [0.1, 0.15) is 5.82 Å². The summed E-state index contributed by atoms with van der Waals surface area (Å²) in [5.41, 5.74) is 0.645. The van der Waals surface area contributed by atoms with E-state index in [9.17, 15) is 4.39 Å². The standard InChI is InChI=1S/C13H20ClFN2O/c1-18-8-7-16-5-2-6-17-10-11-3-4-12(14)9-13(11)15/h3-4,9,16-17H,2,5-8,10H2,1H3. The zero-order chi connectivity index (χ0) is 13.2. The minimum Gasteiger partial charge on any atom is -0.383 e. The quantitative estimate of drug-likeness (QED) is 0.678. The van der Waals surface area contributed by atoms with E-state index in [0.29, 0.717) is 17.1 Å². The summed E-state index contributed by atoms with van der Waals surface area (Å²) in [4.78, 5) is 0. The normalized spacial score (nSPS) is 10.8. The highest BCUT2D eigenvalue weighted by Crippen LogP contribution is 2.14. The van der Waals surface area contributed by atoms with Gasteiger partial charge in [-0.05, 0) is 31.6 Å². The highest BCUT2D eigenvalue weighted by molar-refractivity contribution is 6.30. The van der Waals surface area contributed by atoms with Gasteiger partial charge in [-0.25, -0.2) is 4.39 Å². The molecule has 0 atom stereocenters. The lowest BCUT2D eigenvalue weighted by Crippen LogP contribution is -2.24. The fraction of sp³-hybridized carbons (Fsp3) is 0.538.